The summed E-state index contributed by atoms with van der Waals surface area (Å²) in [4.78, 5) is 84.3. The van der Waals surface area contributed by atoms with Crippen molar-refractivity contribution in [2.75, 3.05) is 26.9 Å². The van der Waals surface area contributed by atoms with Crippen LogP contribution in [0.1, 0.15) is 139 Å². The van der Waals surface area contributed by atoms with Crippen molar-refractivity contribution in [2.45, 2.75) is 187 Å². The summed E-state index contributed by atoms with van der Waals surface area (Å²) in [6.45, 7) is 12.6. The molecule has 4 aliphatic rings. The lowest BCUT2D eigenvalue weighted by Crippen LogP contribution is -2.61. The molecule has 3 fully saturated rings. The lowest BCUT2D eigenvalue weighted by molar-refractivity contribution is -0.265. The number of cyclic esters (lactones) is 1. The summed E-state index contributed by atoms with van der Waals surface area (Å²) in [5.41, 5.74) is -0.351. The van der Waals surface area contributed by atoms with Crippen molar-refractivity contribution < 1.29 is 73.2 Å². The molecule has 394 valence electrons. The molecule has 4 rings (SSSR count). The number of hydrogen-bond acceptors (Lipinski definition) is 15. The van der Waals surface area contributed by atoms with E-state index in [1.165, 1.54) is 19.9 Å². The number of rotatable bonds is 8. The predicted molar refractivity (Wildman–Crippen MR) is 260 cm³/mol. The number of carbonyl (C=O) groups excluding carboxylic acids is 6. The van der Waals surface area contributed by atoms with Crippen molar-refractivity contribution in [3.05, 3.63) is 47.6 Å². The summed E-state index contributed by atoms with van der Waals surface area (Å²) < 4.78 is 23.9. The SMILES string of the molecule is CO[C@H]1C[C@@H]2CC[C@@H](C)[C@@](O)(O2)C(=O)C(=O)N2CCCC[C@H]2C(=O)O[C@H]([C@H](C)CC2CCC(OC(=O)C(C)(CO)CO)CC2)CC(=O)[C@H](C)/C=C(\C)[C@@H](O)[C@@H](O)C(=O)[C@H](C)C[C@H](C)/C=C/C=C/C=C/1C. The van der Waals surface area contributed by atoms with Gasteiger partial charge in [-0.2, -0.15) is 0 Å². The third kappa shape index (κ3) is 15.3. The molecular formula is C54H83NO15. The summed E-state index contributed by atoms with van der Waals surface area (Å²) in [5, 5.41) is 53.5. The number of carbonyl (C=O) groups is 6. The van der Waals surface area contributed by atoms with E-state index >= 15 is 0 Å². The average molecular weight is 986 g/mol. The van der Waals surface area contributed by atoms with Crippen LogP contribution >= 0.6 is 0 Å². The highest BCUT2D eigenvalue weighted by Crippen LogP contribution is 2.38. The number of ether oxygens (including phenoxy) is 4. The van der Waals surface area contributed by atoms with E-state index in [4.69, 9.17) is 18.9 Å². The fraction of sp³-hybridized carbons (Fsp3) is 0.741. The summed E-state index contributed by atoms with van der Waals surface area (Å²) in [5.74, 6) is -9.57. The van der Waals surface area contributed by atoms with Gasteiger partial charge in [0.25, 0.3) is 11.7 Å². The lowest BCUT2D eigenvalue weighted by atomic mass is 9.79. The zero-order chi connectivity index (χ0) is 52.1. The first-order valence-electron chi connectivity index (χ1n) is 25.5. The van der Waals surface area contributed by atoms with Crippen LogP contribution in [-0.4, -0.2) is 141 Å². The first-order valence-corrected chi connectivity index (χ1v) is 25.5. The summed E-state index contributed by atoms with van der Waals surface area (Å²) in [6.07, 6.45) is 10.5. The average Bonchev–Trinajstić information content (AvgIpc) is 3.34. The van der Waals surface area contributed by atoms with Crippen LogP contribution in [0.3, 0.4) is 0 Å². The minimum atomic E-state index is -2.46. The molecular weight excluding hydrogens is 903 g/mol. The van der Waals surface area contributed by atoms with E-state index in [1.54, 1.807) is 27.9 Å². The van der Waals surface area contributed by atoms with Gasteiger partial charge in [-0.25, -0.2) is 4.79 Å². The van der Waals surface area contributed by atoms with Crippen LogP contribution in [0.5, 0.6) is 0 Å². The van der Waals surface area contributed by atoms with Crippen LogP contribution in [0.4, 0.5) is 0 Å². The number of piperidine rings is 1. The molecule has 3 aliphatic heterocycles. The number of nitrogens with zero attached hydrogens (tertiary/aromatic N) is 1. The Kier molecular flexibility index (Phi) is 22.4. The van der Waals surface area contributed by atoms with Crippen molar-refractivity contribution in [3.63, 3.8) is 0 Å². The molecule has 1 saturated carbocycles. The van der Waals surface area contributed by atoms with Crippen LogP contribution in [0, 0.1) is 40.9 Å². The second kappa shape index (κ2) is 26.7. The number of aliphatic hydroxyl groups excluding tert-OH is 4. The fourth-order valence-corrected chi connectivity index (χ4v) is 10.2. The second-order valence-corrected chi connectivity index (χ2v) is 21.3. The van der Waals surface area contributed by atoms with Crippen LogP contribution in [-0.2, 0) is 47.7 Å². The second-order valence-electron chi connectivity index (χ2n) is 21.3. The molecule has 70 heavy (non-hydrogen) atoms. The zero-order valence-corrected chi connectivity index (χ0v) is 43.0. The summed E-state index contributed by atoms with van der Waals surface area (Å²) in [7, 11) is 1.56. The van der Waals surface area contributed by atoms with E-state index in [0.717, 1.165) is 10.5 Å². The van der Waals surface area contributed by atoms with Gasteiger partial charge in [0.05, 0.1) is 25.4 Å². The number of fused-ring (bicyclic) bond motifs is 3. The molecule has 0 aromatic rings. The first kappa shape index (κ1) is 58.7. The van der Waals surface area contributed by atoms with E-state index in [9.17, 15) is 54.3 Å². The molecule has 3 heterocycles. The van der Waals surface area contributed by atoms with Gasteiger partial charge < -0.3 is 49.4 Å². The van der Waals surface area contributed by atoms with Gasteiger partial charge in [-0.15, -0.1) is 0 Å². The van der Waals surface area contributed by atoms with Crippen LogP contribution in [0.2, 0.25) is 0 Å². The molecule has 16 nitrogen and oxygen atoms in total. The lowest BCUT2D eigenvalue weighted by Gasteiger charge is -2.42. The van der Waals surface area contributed by atoms with Crippen molar-refractivity contribution >= 4 is 35.2 Å². The number of aliphatic hydroxyl groups is 5. The summed E-state index contributed by atoms with van der Waals surface area (Å²) >= 11 is 0. The highest BCUT2D eigenvalue weighted by atomic mass is 16.6. The quantitative estimate of drug-likeness (QED) is 0.116. The van der Waals surface area contributed by atoms with Gasteiger partial charge in [-0.3, -0.25) is 24.0 Å². The smallest absolute Gasteiger partial charge is 0.329 e. The third-order valence-corrected chi connectivity index (χ3v) is 15.3. The van der Waals surface area contributed by atoms with E-state index in [0.29, 0.717) is 64.2 Å². The Balaban J connectivity index is 1.65. The van der Waals surface area contributed by atoms with Gasteiger partial charge in [0.2, 0.25) is 5.79 Å². The summed E-state index contributed by atoms with van der Waals surface area (Å²) in [6, 6.07) is -1.19. The maximum Gasteiger partial charge on any atom is 0.329 e. The van der Waals surface area contributed by atoms with Crippen molar-refractivity contribution in [2.24, 2.45) is 40.9 Å². The fourth-order valence-electron chi connectivity index (χ4n) is 10.2. The van der Waals surface area contributed by atoms with Gasteiger partial charge >= 0.3 is 11.9 Å². The molecule has 0 aromatic heterocycles. The topological polar surface area (TPSA) is 244 Å². The molecule has 5 N–H and O–H groups in total. The van der Waals surface area contributed by atoms with Crippen LogP contribution in [0.15, 0.2) is 47.6 Å². The molecule has 0 spiro atoms. The monoisotopic (exact) mass is 986 g/mol. The van der Waals surface area contributed by atoms with Gasteiger partial charge in [0.1, 0.15) is 41.7 Å². The highest BCUT2D eigenvalue weighted by molar-refractivity contribution is 6.39. The molecule has 16 heteroatoms. The number of methoxy groups -OCH3 is 1. The third-order valence-electron chi connectivity index (χ3n) is 15.3. The number of Topliss-reactive ketones (excluding diaryl/α,β-unsaturated/α-hetero) is 3. The molecule has 1 aliphatic carbocycles. The minimum absolute atomic E-state index is 0.0505. The minimum Gasteiger partial charge on any atom is -0.462 e. The maximum atomic E-state index is 14.4. The zero-order valence-electron chi connectivity index (χ0n) is 43.0. The van der Waals surface area contributed by atoms with Crippen molar-refractivity contribution in [1.82, 2.24) is 4.90 Å². The van der Waals surface area contributed by atoms with Crippen molar-refractivity contribution in [1.29, 1.82) is 0 Å². The number of hydrogen-bond donors (Lipinski definition) is 5. The number of ketones is 3. The Morgan fingerprint density at radius 3 is 2.20 bits per heavy atom. The molecule has 1 amide bonds. The van der Waals surface area contributed by atoms with Crippen molar-refractivity contribution in [3.8, 4) is 0 Å². The standard InChI is InChI=1S/C54H83NO15/c1-32-15-11-10-12-16-33(2)44(67-9)28-41-21-18-38(7)54(66,70-41)49(62)50(63)55-24-14-13-17-42(55)51(64)69-45(29-43(58)34(3)26-37(6)47(60)48(61)46(59)36(5)25-32)35(4)27-39-19-22-40(23-20-39)68-52(65)53(8,30-56)31-57/h10-12,15-16,26,32,34-36,38-42,44-45,47-48,56-57,60-61,66H,13-14,17-25,27-31H2,1-9H3/b12-10+,15-11+,33-16+,37-26+/t32-,34-,35-,36-,38-,39?,40?,41+,42+,44+,45+,47-,48+,54-/m1/s1. The molecule has 0 unspecified atom stereocenters. The highest BCUT2D eigenvalue weighted by Gasteiger charge is 2.53. The van der Waals surface area contributed by atoms with Crippen LogP contribution in [0.25, 0.3) is 0 Å². The van der Waals surface area contributed by atoms with Gasteiger partial charge in [0, 0.05) is 44.2 Å². The Hall–Kier alpha value is -3.90. The Bertz CT molecular complexity index is 1930. The molecule has 0 aromatic carbocycles. The molecule has 0 radical (unpaired) electrons. The van der Waals surface area contributed by atoms with Gasteiger partial charge in [-0.1, -0.05) is 71.1 Å². The van der Waals surface area contributed by atoms with E-state index in [1.807, 2.05) is 51.2 Å². The predicted octanol–water partition coefficient (Wildman–Crippen LogP) is 5.44. The first-order chi connectivity index (χ1) is 33.0. The maximum absolute atomic E-state index is 14.4. The van der Waals surface area contributed by atoms with E-state index in [2.05, 4.69) is 0 Å². The molecule has 12 atom stereocenters. The molecule has 2 bridgehead atoms. The Labute approximate surface area is 414 Å². The number of amides is 1. The van der Waals surface area contributed by atoms with E-state index < -0.39 is 120 Å². The largest absolute Gasteiger partial charge is 0.462 e. The molecule has 2 saturated heterocycles. The van der Waals surface area contributed by atoms with Gasteiger partial charge in [0.15, 0.2) is 5.78 Å². The van der Waals surface area contributed by atoms with Gasteiger partial charge in [-0.05, 0) is 120 Å². The Morgan fingerprint density at radius 1 is 0.886 bits per heavy atom. The van der Waals surface area contributed by atoms with Crippen LogP contribution < -0.4 is 0 Å². The number of allylic oxidation sites excluding steroid dienone is 6. The normalized spacial score (nSPS) is 37.5. The number of esters is 2. The van der Waals surface area contributed by atoms with E-state index in [-0.39, 0.29) is 49.0 Å². The Morgan fingerprint density at radius 2 is 1.56 bits per heavy atom.